The number of rotatable bonds is 3. The van der Waals surface area contributed by atoms with Gasteiger partial charge in [0.2, 0.25) is 0 Å². The fraction of sp³-hybridized carbons (Fsp3) is 0.667. The van der Waals surface area contributed by atoms with Gasteiger partial charge in [0, 0.05) is 5.38 Å². The molecule has 0 aliphatic rings. The van der Waals surface area contributed by atoms with E-state index in [-0.39, 0.29) is 0 Å². The molecular formula is C9H15NOS. The first-order valence-corrected chi connectivity index (χ1v) is 5.09. The lowest BCUT2D eigenvalue weighted by atomic mass is 10.1. The number of aliphatic hydroxyl groups is 1. The van der Waals surface area contributed by atoms with Crippen molar-refractivity contribution in [3.8, 4) is 0 Å². The Morgan fingerprint density at radius 3 is 2.67 bits per heavy atom. The van der Waals surface area contributed by atoms with E-state index < -0.39 is 5.60 Å². The highest BCUT2D eigenvalue weighted by molar-refractivity contribution is 7.09. The predicted molar refractivity (Wildman–Crippen MR) is 51.4 cm³/mol. The first-order chi connectivity index (χ1) is 5.54. The first-order valence-electron chi connectivity index (χ1n) is 4.21. The molecule has 2 nitrogen and oxygen atoms in total. The van der Waals surface area contributed by atoms with Gasteiger partial charge in [-0.3, -0.25) is 0 Å². The van der Waals surface area contributed by atoms with Gasteiger partial charge in [0.05, 0.1) is 5.69 Å². The topological polar surface area (TPSA) is 33.1 Å². The van der Waals surface area contributed by atoms with Crippen molar-refractivity contribution in [3.05, 3.63) is 16.1 Å². The number of thiazole rings is 1. The van der Waals surface area contributed by atoms with E-state index in [1.165, 1.54) is 11.3 Å². The molecule has 0 aliphatic carbocycles. The van der Waals surface area contributed by atoms with Gasteiger partial charge in [-0.25, -0.2) is 4.98 Å². The Bertz CT molecular complexity index is 249. The third-order valence-corrected chi connectivity index (χ3v) is 2.79. The Labute approximate surface area is 77.3 Å². The highest BCUT2D eigenvalue weighted by Crippen LogP contribution is 2.23. The summed E-state index contributed by atoms with van der Waals surface area (Å²) in [6.45, 7) is 5.66. The van der Waals surface area contributed by atoms with Crippen molar-refractivity contribution in [2.24, 2.45) is 0 Å². The summed E-state index contributed by atoms with van der Waals surface area (Å²) in [7, 11) is 0. The number of aryl methyl sites for hydroxylation is 1. The van der Waals surface area contributed by atoms with Gasteiger partial charge in [-0.05, 0) is 20.3 Å². The second-order valence-electron chi connectivity index (χ2n) is 3.45. The zero-order valence-corrected chi connectivity index (χ0v) is 8.61. The molecule has 0 aromatic carbocycles. The molecule has 0 aliphatic heterocycles. The van der Waals surface area contributed by atoms with Crippen LogP contribution in [0.15, 0.2) is 5.38 Å². The van der Waals surface area contributed by atoms with Gasteiger partial charge < -0.3 is 5.11 Å². The number of hydrogen-bond donors (Lipinski definition) is 1. The maximum absolute atomic E-state index is 9.62. The van der Waals surface area contributed by atoms with E-state index in [9.17, 15) is 5.11 Å². The fourth-order valence-electron chi connectivity index (χ4n) is 0.959. The summed E-state index contributed by atoms with van der Waals surface area (Å²) in [6.07, 6.45) is 2.11. The van der Waals surface area contributed by atoms with Crippen LogP contribution >= 0.6 is 11.3 Å². The third-order valence-electron chi connectivity index (χ3n) is 1.58. The van der Waals surface area contributed by atoms with E-state index in [0.717, 1.165) is 23.5 Å². The quantitative estimate of drug-likeness (QED) is 0.784. The fourth-order valence-corrected chi connectivity index (χ4v) is 1.84. The highest BCUT2D eigenvalue weighted by Gasteiger charge is 2.19. The van der Waals surface area contributed by atoms with E-state index >= 15 is 0 Å². The maximum atomic E-state index is 9.62. The van der Waals surface area contributed by atoms with E-state index in [0.29, 0.717) is 0 Å². The minimum absolute atomic E-state index is 0.781. The van der Waals surface area contributed by atoms with Crippen molar-refractivity contribution in [2.45, 2.75) is 39.2 Å². The van der Waals surface area contributed by atoms with E-state index in [1.807, 2.05) is 5.38 Å². The second kappa shape index (κ2) is 3.54. The first kappa shape index (κ1) is 9.68. The Morgan fingerprint density at radius 1 is 1.58 bits per heavy atom. The molecule has 0 bridgehead atoms. The molecule has 1 aromatic heterocycles. The molecule has 3 heteroatoms. The van der Waals surface area contributed by atoms with Crippen LogP contribution in [0, 0.1) is 0 Å². The van der Waals surface area contributed by atoms with Crippen molar-refractivity contribution in [1.82, 2.24) is 4.98 Å². The van der Waals surface area contributed by atoms with Crippen LogP contribution in [0.2, 0.25) is 0 Å². The van der Waals surface area contributed by atoms with Crippen molar-refractivity contribution in [3.63, 3.8) is 0 Å². The van der Waals surface area contributed by atoms with E-state index in [2.05, 4.69) is 11.9 Å². The molecule has 0 atom stereocenters. The molecule has 68 valence electrons. The van der Waals surface area contributed by atoms with Gasteiger partial charge in [-0.15, -0.1) is 11.3 Å². The number of hydrogen-bond acceptors (Lipinski definition) is 3. The highest BCUT2D eigenvalue weighted by atomic mass is 32.1. The standard InChI is InChI=1S/C9H15NOS/c1-4-5-7-6-12-8(10-7)9(2,3)11/h6,11H,4-5H2,1-3H3. The molecule has 0 saturated carbocycles. The zero-order valence-electron chi connectivity index (χ0n) is 7.79. The summed E-state index contributed by atoms with van der Waals surface area (Å²) < 4.78 is 0. The van der Waals surface area contributed by atoms with Crippen LogP contribution < -0.4 is 0 Å². The second-order valence-corrected chi connectivity index (χ2v) is 4.31. The smallest absolute Gasteiger partial charge is 0.124 e. The van der Waals surface area contributed by atoms with Crippen LogP contribution in [-0.2, 0) is 12.0 Å². The normalized spacial score (nSPS) is 12.0. The van der Waals surface area contributed by atoms with Crippen LogP contribution in [0.3, 0.4) is 0 Å². The average molecular weight is 185 g/mol. The summed E-state index contributed by atoms with van der Waals surface area (Å²) in [6, 6.07) is 0. The lowest BCUT2D eigenvalue weighted by molar-refractivity contribution is 0.0781. The van der Waals surface area contributed by atoms with Crippen molar-refractivity contribution >= 4 is 11.3 Å². The molecule has 0 radical (unpaired) electrons. The summed E-state index contributed by atoms with van der Waals surface area (Å²) >= 11 is 1.54. The molecule has 0 amide bonds. The average Bonchev–Trinajstić information content (AvgIpc) is 2.35. The largest absolute Gasteiger partial charge is 0.383 e. The molecule has 1 rings (SSSR count). The Morgan fingerprint density at radius 2 is 2.25 bits per heavy atom. The molecule has 0 fully saturated rings. The van der Waals surface area contributed by atoms with Crippen LogP contribution in [0.5, 0.6) is 0 Å². The van der Waals surface area contributed by atoms with Crippen molar-refractivity contribution < 1.29 is 5.11 Å². The van der Waals surface area contributed by atoms with Crippen molar-refractivity contribution in [1.29, 1.82) is 0 Å². The van der Waals surface area contributed by atoms with Gasteiger partial charge in [-0.1, -0.05) is 13.3 Å². The lowest BCUT2D eigenvalue weighted by Gasteiger charge is -2.12. The molecule has 1 heterocycles. The minimum Gasteiger partial charge on any atom is -0.383 e. The molecule has 12 heavy (non-hydrogen) atoms. The van der Waals surface area contributed by atoms with Gasteiger partial charge in [0.15, 0.2) is 0 Å². The molecule has 1 N–H and O–H groups in total. The molecule has 1 aromatic rings. The zero-order chi connectivity index (χ0) is 9.19. The molecule has 0 spiro atoms. The van der Waals surface area contributed by atoms with Crippen LogP contribution in [0.4, 0.5) is 0 Å². The predicted octanol–water partition coefficient (Wildman–Crippen LogP) is 2.32. The monoisotopic (exact) mass is 185 g/mol. The Balaban J connectivity index is 2.77. The Hall–Kier alpha value is -0.410. The summed E-state index contributed by atoms with van der Waals surface area (Å²) in [5, 5.41) is 12.5. The maximum Gasteiger partial charge on any atom is 0.124 e. The summed E-state index contributed by atoms with van der Waals surface area (Å²) in [5.41, 5.74) is 0.316. The number of nitrogens with zero attached hydrogens (tertiary/aromatic N) is 1. The molecular weight excluding hydrogens is 170 g/mol. The molecule has 0 unspecified atom stereocenters. The van der Waals surface area contributed by atoms with Crippen LogP contribution in [-0.4, -0.2) is 10.1 Å². The summed E-state index contributed by atoms with van der Waals surface area (Å²) in [5.74, 6) is 0. The Kier molecular flexibility index (Phi) is 2.85. The molecule has 0 saturated heterocycles. The third kappa shape index (κ3) is 2.29. The van der Waals surface area contributed by atoms with Gasteiger partial charge in [0.25, 0.3) is 0 Å². The van der Waals surface area contributed by atoms with E-state index in [1.54, 1.807) is 13.8 Å². The van der Waals surface area contributed by atoms with E-state index in [4.69, 9.17) is 0 Å². The SMILES string of the molecule is CCCc1csc(C(C)(C)O)n1. The van der Waals surface area contributed by atoms with Crippen LogP contribution in [0.1, 0.15) is 37.9 Å². The summed E-state index contributed by atoms with van der Waals surface area (Å²) in [4.78, 5) is 4.34. The number of aromatic nitrogens is 1. The van der Waals surface area contributed by atoms with Gasteiger partial charge >= 0.3 is 0 Å². The van der Waals surface area contributed by atoms with Gasteiger partial charge in [-0.2, -0.15) is 0 Å². The van der Waals surface area contributed by atoms with Crippen molar-refractivity contribution in [2.75, 3.05) is 0 Å². The minimum atomic E-state index is -0.781. The lowest BCUT2D eigenvalue weighted by Crippen LogP contribution is -2.14. The van der Waals surface area contributed by atoms with Gasteiger partial charge in [0.1, 0.15) is 10.6 Å². The van der Waals surface area contributed by atoms with Crippen LogP contribution in [0.25, 0.3) is 0 Å².